The van der Waals surface area contributed by atoms with Crippen molar-refractivity contribution in [1.82, 2.24) is 0 Å². The highest BCUT2D eigenvalue weighted by molar-refractivity contribution is 7.96. The van der Waals surface area contributed by atoms with E-state index in [1.54, 1.807) is 0 Å². The number of benzene rings is 1. The summed E-state index contributed by atoms with van der Waals surface area (Å²) in [6.45, 7) is 3.94. The average molecular weight is 351 g/mol. The average Bonchev–Trinajstić information content (AvgIpc) is 2.64. The van der Waals surface area contributed by atoms with Crippen LogP contribution < -0.4 is 0 Å². The van der Waals surface area contributed by atoms with Gasteiger partial charge in [-0.25, -0.2) is 16.8 Å². The van der Waals surface area contributed by atoms with E-state index in [9.17, 15) is 16.8 Å². The maximum absolute atomic E-state index is 12.7. The zero-order chi connectivity index (χ0) is 15.8. The van der Waals surface area contributed by atoms with Gasteiger partial charge >= 0.3 is 0 Å². The Morgan fingerprint density at radius 1 is 1.19 bits per heavy atom. The molecule has 4 nitrogen and oxygen atoms in total. The van der Waals surface area contributed by atoms with Crippen molar-refractivity contribution in [3.63, 3.8) is 0 Å². The molecule has 2 atom stereocenters. The van der Waals surface area contributed by atoms with Crippen LogP contribution in [0.2, 0.25) is 5.02 Å². The minimum atomic E-state index is -3.66. The molecular weight excluding hydrogens is 332 g/mol. The van der Waals surface area contributed by atoms with E-state index in [1.807, 2.05) is 13.8 Å². The van der Waals surface area contributed by atoms with Crippen molar-refractivity contribution in [2.45, 2.75) is 30.4 Å². The Morgan fingerprint density at radius 2 is 1.76 bits per heavy atom. The molecule has 0 unspecified atom stereocenters. The lowest BCUT2D eigenvalue weighted by Gasteiger charge is -2.20. The largest absolute Gasteiger partial charge is 0.229 e. The first-order valence-electron chi connectivity index (χ1n) is 6.82. The van der Waals surface area contributed by atoms with E-state index >= 15 is 0 Å². The summed E-state index contributed by atoms with van der Waals surface area (Å²) in [5, 5.41) is -0.405. The lowest BCUT2D eigenvalue weighted by Crippen LogP contribution is -2.30. The molecule has 1 heterocycles. The van der Waals surface area contributed by atoms with Crippen LogP contribution in [0.1, 0.15) is 20.3 Å². The van der Waals surface area contributed by atoms with Crippen LogP contribution in [-0.2, 0) is 19.7 Å². The van der Waals surface area contributed by atoms with Crippen LogP contribution in [0.25, 0.3) is 0 Å². The summed E-state index contributed by atoms with van der Waals surface area (Å²) in [4.78, 5) is 0.141. The quantitative estimate of drug-likeness (QED) is 0.836. The second-order valence-electron chi connectivity index (χ2n) is 6.00. The normalized spacial score (nSPS) is 25.3. The first-order valence-corrected chi connectivity index (χ1v) is 10.6. The molecule has 1 aliphatic rings. The molecule has 0 saturated carbocycles. The first kappa shape index (κ1) is 16.8. The third-order valence-corrected chi connectivity index (χ3v) is 8.27. The summed E-state index contributed by atoms with van der Waals surface area (Å²) in [6, 6.07) is 5.90. The third-order valence-electron chi connectivity index (χ3n) is 3.73. The smallest absolute Gasteiger partial charge is 0.182 e. The molecule has 0 aromatic heterocycles. The molecule has 1 aromatic rings. The lowest BCUT2D eigenvalue weighted by molar-refractivity contribution is 0.440. The summed E-state index contributed by atoms with van der Waals surface area (Å²) in [5.41, 5.74) is 0. The van der Waals surface area contributed by atoms with Crippen molar-refractivity contribution in [1.29, 1.82) is 0 Å². The van der Waals surface area contributed by atoms with Gasteiger partial charge in [0.25, 0.3) is 0 Å². The van der Waals surface area contributed by atoms with Crippen molar-refractivity contribution in [3.8, 4) is 0 Å². The zero-order valence-electron chi connectivity index (χ0n) is 12.0. The Labute approximate surface area is 131 Å². The molecule has 1 aromatic carbocycles. The minimum Gasteiger partial charge on any atom is -0.229 e. The standard InChI is InChI=1S/C14H19ClO4S2/c1-10(2)7-11-8-20(16,17)9-14(11)21(18,19)13-5-3-12(15)4-6-13/h3-6,10-11,14H,7-9H2,1-2H3/t11-,14-/m0/s1. The van der Waals surface area contributed by atoms with Gasteiger partial charge in [0.05, 0.1) is 21.7 Å². The van der Waals surface area contributed by atoms with E-state index in [0.717, 1.165) is 0 Å². The van der Waals surface area contributed by atoms with Gasteiger partial charge in [0, 0.05) is 5.02 Å². The van der Waals surface area contributed by atoms with Gasteiger partial charge < -0.3 is 0 Å². The van der Waals surface area contributed by atoms with Crippen LogP contribution >= 0.6 is 11.6 Å². The van der Waals surface area contributed by atoms with Crippen molar-refractivity contribution in [2.24, 2.45) is 11.8 Å². The van der Waals surface area contributed by atoms with Crippen LogP contribution in [0.4, 0.5) is 0 Å². The molecule has 0 radical (unpaired) electrons. The van der Waals surface area contributed by atoms with Crippen LogP contribution in [-0.4, -0.2) is 33.6 Å². The molecule has 0 spiro atoms. The van der Waals surface area contributed by atoms with E-state index in [2.05, 4.69) is 0 Å². The summed E-state index contributed by atoms with van der Waals surface area (Å²) < 4.78 is 49.2. The second-order valence-corrected chi connectivity index (χ2v) is 10.8. The van der Waals surface area contributed by atoms with Gasteiger partial charge in [-0.1, -0.05) is 25.4 Å². The summed E-state index contributed by atoms with van der Waals surface area (Å²) in [6.07, 6.45) is 0.594. The van der Waals surface area contributed by atoms with Gasteiger partial charge in [-0.05, 0) is 42.5 Å². The molecule has 2 rings (SSSR count). The molecule has 1 fully saturated rings. The number of hydrogen-bond acceptors (Lipinski definition) is 4. The van der Waals surface area contributed by atoms with Gasteiger partial charge in [-0.3, -0.25) is 0 Å². The molecular formula is C14H19ClO4S2. The predicted octanol–water partition coefficient (Wildman–Crippen LogP) is 2.57. The molecule has 1 aliphatic heterocycles. The fourth-order valence-corrected chi connectivity index (χ4v) is 7.95. The highest BCUT2D eigenvalue weighted by Crippen LogP contribution is 2.34. The van der Waals surface area contributed by atoms with E-state index < -0.39 is 24.9 Å². The lowest BCUT2D eigenvalue weighted by atomic mass is 9.96. The van der Waals surface area contributed by atoms with Crippen molar-refractivity contribution < 1.29 is 16.8 Å². The minimum absolute atomic E-state index is 0.0390. The SMILES string of the molecule is CC(C)C[C@H]1CS(=O)(=O)C[C@@H]1S(=O)(=O)c1ccc(Cl)cc1. The first-order chi connectivity index (χ1) is 9.62. The molecule has 0 aliphatic carbocycles. The molecule has 0 amide bonds. The summed E-state index contributed by atoms with van der Waals surface area (Å²) in [7, 11) is -6.95. The van der Waals surface area contributed by atoms with E-state index in [1.165, 1.54) is 24.3 Å². The highest BCUT2D eigenvalue weighted by Gasteiger charge is 2.45. The third kappa shape index (κ3) is 3.79. The fourth-order valence-electron chi connectivity index (χ4n) is 2.86. The maximum atomic E-state index is 12.7. The monoisotopic (exact) mass is 350 g/mol. The Bertz CT molecular complexity index is 706. The Hall–Kier alpha value is -0.590. The van der Waals surface area contributed by atoms with E-state index in [-0.39, 0.29) is 28.2 Å². The molecule has 7 heteroatoms. The van der Waals surface area contributed by atoms with Crippen LogP contribution in [0.3, 0.4) is 0 Å². The van der Waals surface area contributed by atoms with Crippen LogP contribution in [0.5, 0.6) is 0 Å². The van der Waals surface area contributed by atoms with Gasteiger partial charge in [0.2, 0.25) is 0 Å². The van der Waals surface area contributed by atoms with Gasteiger partial charge in [0.1, 0.15) is 0 Å². The molecule has 21 heavy (non-hydrogen) atoms. The van der Waals surface area contributed by atoms with Gasteiger partial charge in [-0.15, -0.1) is 0 Å². The maximum Gasteiger partial charge on any atom is 0.182 e. The summed E-state index contributed by atoms with van der Waals surface area (Å²) in [5.74, 6) is -0.403. The molecule has 0 bridgehead atoms. The number of rotatable bonds is 4. The fraction of sp³-hybridized carbons (Fsp3) is 0.571. The highest BCUT2D eigenvalue weighted by atomic mass is 35.5. The topological polar surface area (TPSA) is 68.3 Å². The predicted molar refractivity (Wildman–Crippen MR) is 84.0 cm³/mol. The van der Waals surface area contributed by atoms with Crippen LogP contribution in [0, 0.1) is 11.8 Å². The van der Waals surface area contributed by atoms with E-state index in [4.69, 9.17) is 11.6 Å². The summed E-state index contributed by atoms with van der Waals surface area (Å²) >= 11 is 5.77. The zero-order valence-corrected chi connectivity index (χ0v) is 14.4. The van der Waals surface area contributed by atoms with Crippen LogP contribution in [0.15, 0.2) is 29.2 Å². The van der Waals surface area contributed by atoms with Crippen molar-refractivity contribution in [2.75, 3.05) is 11.5 Å². The number of sulfone groups is 2. The Kier molecular flexibility index (Phi) is 4.71. The van der Waals surface area contributed by atoms with Gasteiger partial charge in [0.15, 0.2) is 19.7 Å². The molecule has 0 N–H and O–H groups in total. The van der Waals surface area contributed by atoms with Crippen molar-refractivity contribution in [3.05, 3.63) is 29.3 Å². The Morgan fingerprint density at radius 3 is 2.29 bits per heavy atom. The molecule has 1 saturated heterocycles. The van der Waals surface area contributed by atoms with Crippen molar-refractivity contribution >= 4 is 31.3 Å². The number of halogens is 1. The molecule has 118 valence electrons. The Balaban J connectivity index is 2.39. The number of hydrogen-bond donors (Lipinski definition) is 0. The van der Waals surface area contributed by atoms with E-state index in [0.29, 0.717) is 11.4 Å². The second kappa shape index (κ2) is 5.89. The van der Waals surface area contributed by atoms with Gasteiger partial charge in [-0.2, -0.15) is 0 Å².